The summed E-state index contributed by atoms with van der Waals surface area (Å²) < 4.78 is 0. The van der Waals surface area contributed by atoms with Crippen molar-refractivity contribution in [3.63, 3.8) is 0 Å². The van der Waals surface area contributed by atoms with Gasteiger partial charge < -0.3 is 4.84 Å². The van der Waals surface area contributed by atoms with E-state index in [4.69, 9.17) is 4.84 Å². The molecule has 0 aliphatic carbocycles. The molecular formula is C8H10N2O. The number of hydrogen-bond acceptors (Lipinski definition) is 3. The highest BCUT2D eigenvalue weighted by atomic mass is 16.6. The van der Waals surface area contributed by atoms with E-state index in [0.717, 1.165) is 5.69 Å². The van der Waals surface area contributed by atoms with Gasteiger partial charge in [-0.15, -0.1) is 0 Å². The number of aromatic nitrogens is 1. The second-order valence-corrected chi connectivity index (χ2v) is 1.91. The number of oxime groups is 1. The number of nitrogens with zero attached hydrogens (tertiary/aromatic N) is 2. The van der Waals surface area contributed by atoms with Gasteiger partial charge in [-0.25, -0.2) is 0 Å². The molecule has 3 heteroatoms. The van der Waals surface area contributed by atoms with Crippen molar-refractivity contribution in [1.82, 2.24) is 4.98 Å². The van der Waals surface area contributed by atoms with Crippen molar-refractivity contribution >= 4 is 6.21 Å². The summed E-state index contributed by atoms with van der Waals surface area (Å²) in [5.41, 5.74) is 0.806. The average Bonchev–Trinajstić information content (AvgIpc) is 2.07. The van der Waals surface area contributed by atoms with Crippen LogP contribution in [0.15, 0.2) is 29.6 Å². The fourth-order valence-corrected chi connectivity index (χ4v) is 0.618. The molecule has 0 spiro atoms. The van der Waals surface area contributed by atoms with Gasteiger partial charge >= 0.3 is 0 Å². The first-order chi connectivity index (χ1) is 5.43. The molecule has 0 atom stereocenters. The third kappa shape index (κ3) is 2.80. The van der Waals surface area contributed by atoms with Crippen LogP contribution in [0.4, 0.5) is 0 Å². The summed E-state index contributed by atoms with van der Waals surface area (Å²) in [7, 11) is 0. The third-order valence-corrected chi connectivity index (χ3v) is 1.08. The number of hydrogen-bond donors (Lipinski definition) is 0. The van der Waals surface area contributed by atoms with Crippen LogP contribution in [0.1, 0.15) is 12.6 Å². The summed E-state index contributed by atoms with van der Waals surface area (Å²) in [6.07, 6.45) is 3.30. The summed E-state index contributed by atoms with van der Waals surface area (Å²) in [6, 6.07) is 5.63. The highest BCUT2D eigenvalue weighted by Gasteiger charge is 1.83. The fourth-order valence-electron chi connectivity index (χ4n) is 0.618. The first-order valence-electron chi connectivity index (χ1n) is 3.50. The topological polar surface area (TPSA) is 34.5 Å². The Labute approximate surface area is 65.7 Å². The Morgan fingerprint density at radius 3 is 3.18 bits per heavy atom. The van der Waals surface area contributed by atoms with Crippen molar-refractivity contribution in [3.05, 3.63) is 30.1 Å². The maximum atomic E-state index is 4.77. The van der Waals surface area contributed by atoms with Gasteiger partial charge in [-0.2, -0.15) is 0 Å². The van der Waals surface area contributed by atoms with E-state index in [-0.39, 0.29) is 0 Å². The van der Waals surface area contributed by atoms with E-state index < -0.39 is 0 Å². The predicted molar refractivity (Wildman–Crippen MR) is 43.5 cm³/mol. The Morgan fingerprint density at radius 1 is 1.64 bits per heavy atom. The first-order valence-corrected chi connectivity index (χ1v) is 3.50. The molecule has 3 nitrogen and oxygen atoms in total. The Hall–Kier alpha value is -1.38. The Balaban J connectivity index is 2.50. The lowest BCUT2D eigenvalue weighted by Crippen LogP contribution is -1.86. The lowest BCUT2D eigenvalue weighted by molar-refractivity contribution is 0.160. The second-order valence-electron chi connectivity index (χ2n) is 1.91. The summed E-state index contributed by atoms with van der Waals surface area (Å²) >= 11 is 0. The van der Waals surface area contributed by atoms with Crippen LogP contribution in [0.5, 0.6) is 0 Å². The van der Waals surface area contributed by atoms with Crippen LogP contribution in [0, 0.1) is 0 Å². The molecule has 0 saturated carbocycles. The highest BCUT2D eigenvalue weighted by molar-refractivity contribution is 5.76. The molecule has 0 N–H and O–H groups in total. The average molecular weight is 150 g/mol. The van der Waals surface area contributed by atoms with Crippen molar-refractivity contribution in [2.24, 2.45) is 5.16 Å². The molecule has 0 radical (unpaired) electrons. The van der Waals surface area contributed by atoms with E-state index in [2.05, 4.69) is 10.1 Å². The molecule has 0 aliphatic heterocycles. The lowest BCUT2D eigenvalue weighted by atomic mass is 10.4. The van der Waals surface area contributed by atoms with Gasteiger partial charge in [0.15, 0.2) is 0 Å². The van der Waals surface area contributed by atoms with Crippen LogP contribution in [0.2, 0.25) is 0 Å². The van der Waals surface area contributed by atoms with Crippen molar-refractivity contribution in [2.45, 2.75) is 6.92 Å². The van der Waals surface area contributed by atoms with Gasteiger partial charge in [-0.1, -0.05) is 11.2 Å². The summed E-state index contributed by atoms with van der Waals surface area (Å²) in [5.74, 6) is 0. The summed E-state index contributed by atoms with van der Waals surface area (Å²) in [6.45, 7) is 2.47. The minimum Gasteiger partial charge on any atom is -0.396 e. The van der Waals surface area contributed by atoms with Gasteiger partial charge in [0.05, 0.1) is 11.9 Å². The van der Waals surface area contributed by atoms with E-state index in [0.29, 0.717) is 6.61 Å². The SMILES string of the molecule is CCON=Cc1ccccn1. The molecule has 0 unspecified atom stereocenters. The summed E-state index contributed by atoms with van der Waals surface area (Å²) in [4.78, 5) is 8.79. The third-order valence-electron chi connectivity index (χ3n) is 1.08. The Bertz CT molecular complexity index is 221. The minimum atomic E-state index is 0.587. The molecule has 0 bridgehead atoms. The van der Waals surface area contributed by atoms with Gasteiger partial charge in [0.1, 0.15) is 6.61 Å². The van der Waals surface area contributed by atoms with Crippen LogP contribution in [-0.2, 0) is 4.84 Å². The zero-order chi connectivity index (χ0) is 7.94. The van der Waals surface area contributed by atoms with Crippen molar-refractivity contribution in [1.29, 1.82) is 0 Å². The maximum Gasteiger partial charge on any atom is 0.114 e. The quantitative estimate of drug-likeness (QED) is 0.482. The molecular weight excluding hydrogens is 140 g/mol. The summed E-state index contributed by atoms with van der Waals surface area (Å²) in [5, 5.41) is 3.67. The highest BCUT2D eigenvalue weighted by Crippen LogP contribution is 1.88. The molecule has 1 heterocycles. The van der Waals surface area contributed by atoms with Gasteiger partial charge in [-0.3, -0.25) is 4.98 Å². The first kappa shape index (κ1) is 7.72. The molecule has 1 aromatic rings. The van der Waals surface area contributed by atoms with Crippen molar-refractivity contribution in [2.75, 3.05) is 6.61 Å². The zero-order valence-corrected chi connectivity index (χ0v) is 6.40. The molecule has 0 saturated heterocycles. The monoisotopic (exact) mass is 150 g/mol. The second kappa shape index (κ2) is 4.44. The predicted octanol–water partition coefficient (Wildman–Crippen LogP) is 1.45. The number of pyridine rings is 1. The van der Waals surface area contributed by atoms with Gasteiger partial charge in [-0.05, 0) is 19.1 Å². The fraction of sp³-hybridized carbons (Fsp3) is 0.250. The largest absolute Gasteiger partial charge is 0.396 e. The van der Waals surface area contributed by atoms with Crippen LogP contribution in [0.25, 0.3) is 0 Å². The van der Waals surface area contributed by atoms with Crippen LogP contribution in [0.3, 0.4) is 0 Å². The zero-order valence-electron chi connectivity index (χ0n) is 6.40. The van der Waals surface area contributed by atoms with Gasteiger partial charge in [0.2, 0.25) is 0 Å². The number of rotatable bonds is 3. The standard InChI is InChI=1S/C8H10N2O/c1-2-11-10-7-8-5-3-4-6-9-8/h3-7H,2H2,1H3. The molecule has 0 fully saturated rings. The van der Waals surface area contributed by atoms with Gasteiger partial charge in [0.25, 0.3) is 0 Å². The molecule has 1 aromatic heterocycles. The van der Waals surface area contributed by atoms with Crippen molar-refractivity contribution in [3.8, 4) is 0 Å². The molecule has 0 aromatic carbocycles. The molecule has 1 rings (SSSR count). The van der Waals surface area contributed by atoms with E-state index in [9.17, 15) is 0 Å². The van der Waals surface area contributed by atoms with E-state index in [1.165, 1.54) is 0 Å². The van der Waals surface area contributed by atoms with Crippen LogP contribution in [-0.4, -0.2) is 17.8 Å². The normalized spacial score (nSPS) is 10.3. The van der Waals surface area contributed by atoms with Crippen molar-refractivity contribution < 1.29 is 4.84 Å². The van der Waals surface area contributed by atoms with Gasteiger partial charge in [0, 0.05) is 6.20 Å². The smallest absolute Gasteiger partial charge is 0.114 e. The van der Waals surface area contributed by atoms with E-state index >= 15 is 0 Å². The molecule has 0 amide bonds. The maximum absolute atomic E-state index is 4.77. The van der Waals surface area contributed by atoms with E-state index in [1.54, 1.807) is 12.4 Å². The van der Waals surface area contributed by atoms with E-state index in [1.807, 2.05) is 25.1 Å². The van der Waals surface area contributed by atoms with Crippen LogP contribution < -0.4 is 0 Å². The minimum absolute atomic E-state index is 0.587. The van der Waals surface area contributed by atoms with Crippen LogP contribution >= 0.6 is 0 Å². The Morgan fingerprint density at radius 2 is 2.55 bits per heavy atom. The lowest BCUT2D eigenvalue weighted by Gasteiger charge is -1.90. The Kier molecular flexibility index (Phi) is 3.12. The molecule has 11 heavy (non-hydrogen) atoms. The molecule has 0 aliphatic rings. The molecule has 58 valence electrons.